The molecule has 0 saturated carbocycles. The number of phenolic OH excluding ortho intramolecular Hbond substituents is 1. The fraction of sp³-hybridized carbons (Fsp3) is 0.182. The SMILES string of the molecule is COC.O=CC=Cc1ccc(O)cc1. The standard InChI is InChI=1S/C9H8O2.C2H6O/c10-7-1-2-8-3-5-9(11)6-4-8;1-3-2/h1-7,11H;1-2H3. The van der Waals surface area contributed by atoms with E-state index in [0.29, 0.717) is 6.29 Å². The van der Waals surface area contributed by atoms with Crippen molar-refractivity contribution in [1.29, 1.82) is 0 Å². The van der Waals surface area contributed by atoms with Crippen molar-refractivity contribution in [3.63, 3.8) is 0 Å². The molecule has 0 aliphatic heterocycles. The minimum Gasteiger partial charge on any atom is -0.508 e. The highest BCUT2D eigenvalue weighted by molar-refractivity contribution is 5.73. The molecule has 0 saturated heterocycles. The van der Waals surface area contributed by atoms with Crippen LogP contribution < -0.4 is 0 Å². The van der Waals surface area contributed by atoms with Gasteiger partial charge in [-0.1, -0.05) is 18.2 Å². The Morgan fingerprint density at radius 1 is 1.21 bits per heavy atom. The van der Waals surface area contributed by atoms with Gasteiger partial charge in [0.15, 0.2) is 0 Å². The third kappa shape index (κ3) is 5.97. The summed E-state index contributed by atoms with van der Waals surface area (Å²) in [7, 11) is 3.25. The molecule has 0 fully saturated rings. The first-order valence-electron chi connectivity index (χ1n) is 4.05. The number of allylic oxidation sites excluding steroid dienone is 1. The number of aldehydes is 1. The van der Waals surface area contributed by atoms with Crippen LogP contribution in [-0.2, 0) is 9.53 Å². The molecule has 0 aliphatic carbocycles. The smallest absolute Gasteiger partial charge is 0.142 e. The zero-order valence-corrected chi connectivity index (χ0v) is 8.31. The molecule has 1 aromatic rings. The maximum absolute atomic E-state index is 9.91. The first kappa shape index (κ1) is 12.4. The second-order valence-corrected chi connectivity index (χ2v) is 2.49. The first-order valence-corrected chi connectivity index (χ1v) is 4.05. The lowest BCUT2D eigenvalue weighted by molar-refractivity contribution is -0.104. The Kier molecular flexibility index (Phi) is 7.09. The molecule has 0 aliphatic rings. The monoisotopic (exact) mass is 194 g/mol. The predicted molar refractivity (Wildman–Crippen MR) is 56.1 cm³/mol. The van der Waals surface area contributed by atoms with Crippen molar-refractivity contribution in [3.8, 4) is 5.75 Å². The fourth-order valence-corrected chi connectivity index (χ4v) is 0.736. The second kappa shape index (κ2) is 8.01. The van der Waals surface area contributed by atoms with Crippen LogP contribution in [0.3, 0.4) is 0 Å². The summed E-state index contributed by atoms with van der Waals surface area (Å²) >= 11 is 0. The molecular formula is C11H14O3. The summed E-state index contributed by atoms with van der Waals surface area (Å²) in [5.74, 6) is 0.230. The molecule has 0 heterocycles. The van der Waals surface area contributed by atoms with Crippen LogP contribution in [0.4, 0.5) is 0 Å². The summed E-state index contributed by atoms with van der Waals surface area (Å²) < 4.78 is 4.25. The van der Waals surface area contributed by atoms with Crippen LogP contribution in [0, 0.1) is 0 Å². The Balaban J connectivity index is 0.000000500. The summed E-state index contributed by atoms with van der Waals surface area (Å²) in [6.45, 7) is 0. The summed E-state index contributed by atoms with van der Waals surface area (Å²) in [4.78, 5) is 9.91. The number of phenols is 1. The van der Waals surface area contributed by atoms with Crippen molar-refractivity contribution in [2.75, 3.05) is 14.2 Å². The highest BCUT2D eigenvalue weighted by atomic mass is 16.4. The quantitative estimate of drug-likeness (QED) is 0.577. The summed E-state index contributed by atoms with van der Waals surface area (Å²) in [5, 5.41) is 8.89. The van der Waals surface area contributed by atoms with Gasteiger partial charge >= 0.3 is 0 Å². The number of hydrogen-bond acceptors (Lipinski definition) is 3. The van der Waals surface area contributed by atoms with E-state index in [1.807, 2.05) is 0 Å². The number of rotatable bonds is 2. The zero-order chi connectivity index (χ0) is 10.8. The van der Waals surface area contributed by atoms with Crippen LogP contribution in [0.1, 0.15) is 5.56 Å². The number of hydrogen-bond donors (Lipinski definition) is 1. The molecule has 0 radical (unpaired) electrons. The highest BCUT2D eigenvalue weighted by Crippen LogP contribution is 2.10. The van der Waals surface area contributed by atoms with Gasteiger partial charge in [0.2, 0.25) is 0 Å². The van der Waals surface area contributed by atoms with Crippen LogP contribution in [0.2, 0.25) is 0 Å². The molecule has 0 atom stereocenters. The van der Waals surface area contributed by atoms with Crippen molar-refractivity contribution in [2.24, 2.45) is 0 Å². The highest BCUT2D eigenvalue weighted by Gasteiger charge is 1.85. The van der Waals surface area contributed by atoms with Gasteiger partial charge in [0.1, 0.15) is 12.0 Å². The van der Waals surface area contributed by atoms with Gasteiger partial charge in [-0.2, -0.15) is 0 Å². The summed E-state index contributed by atoms with van der Waals surface area (Å²) in [6, 6.07) is 6.61. The van der Waals surface area contributed by atoms with E-state index in [2.05, 4.69) is 4.74 Å². The van der Waals surface area contributed by atoms with E-state index in [9.17, 15) is 4.79 Å². The lowest BCUT2D eigenvalue weighted by Gasteiger charge is -1.91. The maximum atomic E-state index is 9.91. The minimum absolute atomic E-state index is 0.230. The average molecular weight is 194 g/mol. The van der Waals surface area contributed by atoms with E-state index >= 15 is 0 Å². The van der Waals surface area contributed by atoms with Crippen LogP contribution >= 0.6 is 0 Å². The van der Waals surface area contributed by atoms with Crippen molar-refractivity contribution in [3.05, 3.63) is 35.9 Å². The number of ether oxygens (including phenoxy) is 1. The number of aromatic hydroxyl groups is 1. The van der Waals surface area contributed by atoms with Crippen LogP contribution in [0.15, 0.2) is 30.3 Å². The second-order valence-electron chi connectivity index (χ2n) is 2.49. The Labute approximate surface area is 83.6 Å². The van der Waals surface area contributed by atoms with Crippen molar-refractivity contribution in [1.82, 2.24) is 0 Å². The largest absolute Gasteiger partial charge is 0.508 e. The van der Waals surface area contributed by atoms with Crippen LogP contribution in [0.5, 0.6) is 5.75 Å². The summed E-state index contributed by atoms with van der Waals surface area (Å²) in [6.07, 6.45) is 3.80. The number of benzene rings is 1. The van der Waals surface area contributed by atoms with Crippen molar-refractivity contribution in [2.45, 2.75) is 0 Å². The molecule has 14 heavy (non-hydrogen) atoms. The molecule has 1 N–H and O–H groups in total. The maximum Gasteiger partial charge on any atom is 0.142 e. The molecule has 1 rings (SSSR count). The lowest BCUT2D eigenvalue weighted by atomic mass is 10.2. The van der Waals surface area contributed by atoms with E-state index in [4.69, 9.17) is 5.11 Å². The predicted octanol–water partition coefficient (Wildman–Crippen LogP) is 1.87. The van der Waals surface area contributed by atoms with Gasteiger partial charge in [-0.25, -0.2) is 0 Å². The van der Waals surface area contributed by atoms with Crippen LogP contribution in [-0.4, -0.2) is 25.6 Å². The molecule has 76 valence electrons. The normalized spacial score (nSPS) is 9.29. The van der Waals surface area contributed by atoms with Crippen molar-refractivity contribution < 1.29 is 14.6 Å². The van der Waals surface area contributed by atoms with Gasteiger partial charge in [-0.15, -0.1) is 0 Å². The van der Waals surface area contributed by atoms with Gasteiger partial charge in [-0.05, 0) is 23.8 Å². The number of carbonyl (C=O) groups excluding carboxylic acids is 1. The minimum atomic E-state index is 0.230. The summed E-state index contributed by atoms with van der Waals surface area (Å²) in [5.41, 5.74) is 0.898. The molecule has 0 bridgehead atoms. The Morgan fingerprint density at radius 3 is 2.14 bits per heavy atom. The zero-order valence-electron chi connectivity index (χ0n) is 8.31. The van der Waals surface area contributed by atoms with Gasteiger partial charge in [-0.3, -0.25) is 4.79 Å². The Bertz CT molecular complexity index is 275. The molecule has 3 nitrogen and oxygen atoms in total. The number of carbonyl (C=O) groups is 1. The molecular weight excluding hydrogens is 180 g/mol. The Morgan fingerprint density at radius 2 is 1.71 bits per heavy atom. The average Bonchev–Trinajstić information content (AvgIpc) is 2.18. The molecule has 0 aromatic heterocycles. The third-order valence-corrected chi connectivity index (χ3v) is 1.26. The van der Waals surface area contributed by atoms with E-state index in [1.54, 1.807) is 44.6 Å². The molecule has 0 amide bonds. The van der Waals surface area contributed by atoms with E-state index in [-0.39, 0.29) is 5.75 Å². The number of methoxy groups -OCH3 is 1. The van der Waals surface area contributed by atoms with E-state index < -0.39 is 0 Å². The fourth-order valence-electron chi connectivity index (χ4n) is 0.736. The van der Waals surface area contributed by atoms with Crippen molar-refractivity contribution >= 4 is 12.4 Å². The Hall–Kier alpha value is -1.61. The van der Waals surface area contributed by atoms with Gasteiger partial charge in [0, 0.05) is 14.2 Å². The molecule has 0 unspecified atom stereocenters. The lowest BCUT2D eigenvalue weighted by Crippen LogP contribution is -1.70. The molecule has 0 spiro atoms. The first-order chi connectivity index (χ1) is 6.74. The van der Waals surface area contributed by atoms with Gasteiger partial charge < -0.3 is 9.84 Å². The van der Waals surface area contributed by atoms with Gasteiger partial charge in [0.05, 0.1) is 0 Å². The molecule has 3 heteroatoms. The van der Waals surface area contributed by atoms with Gasteiger partial charge in [0.25, 0.3) is 0 Å². The van der Waals surface area contributed by atoms with Crippen LogP contribution in [0.25, 0.3) is 6.08 Å². The molecule has 1 aromatic carbocycles. The topological polar surface area (TPSA) is 46.5 Å². The van der Waals surface area contributed by atoms with E-state index in [0.717, 1.165) is 5.56 Å². The third-order valence-electron chi connectivity index (χ3n) is 1.26. The van der Waals surface area contributed by atoms with E-state index in [1.165, 1.54) is 6.08 Å².